The maximum absolute atomic E-state index is 13.4. The van der Waals surface area contributed by atoms with Gasteiger partial charge in [0.25, 0.3) is 0 Å². The van der Waals surface area contributed by atoms with Crippen molar-refractivity contribution in [2.24, 2.45) is 0 Å². The first kappa shape index (κ1) is 23.1. The lowest BCUT2D eigenvalue weighted by atomic mass is 9.92. The smallest absolute Gasteiger partial charge is 0.303 e. The fourth-order valence-electron chi connectivity index (χ4n) is 4.29. The highest BCUT2D eigenvalue weighted by atomic mass is 19.1. The van der Waals surface area contributed by atoms with Crippen molar-refractivity contribution < 1.29 is 19.0 Å². The first-order chi connectivity index (χ1) is 15.0. The highest BCUT2D eigenvalue weighted by Gasteiger charge is 2.24. The van der Waals surface area contributed by atoms with E-state index in [0.717, 1.165) is 68.1 Å². The summed E-state index contributed by atoms with van der Waals surface area (Å²) < 4.78 is 19.0. The Bertz CT molecular complexity index is 850. The summed E-state index contributed by atoms with van der Waals surface area (Å²) in [6, 6.07) is 13.0. The number of hydrogen-bond donors (Lipinski definition) is 2. The predicted octanol–water partition coefficient (Wildman–Crippen LogP) is 5.93. The van der Waals surface area contributed by atoms with E-state index in [-0.39, 0.29) is 18.2 Å². The molecule has 1 aliphatic heterocycles. The van der Waals surface area contributed by atoms with Crippen LogP contribution in [0.15, 0.2) is 42.5 Å². The van der Waals surface area contributed by atoms with Gasteiger partial charge in [0.15, 0.2) is 0 Å². The number of ether oxygens (including phenoxy) is 1. The van der Waals surface area contributed by atoms with Crippen molar-refractivity contribution in [3.63, 3.8) is 0 Å². The fourth-order valence-corrected chi connectivity index (χ4v) is 4.29. The van der Waals surface area contributed by atoms with Gasteiger partial charge in [-0.05, 0) is 73.6 Å². The number of carboxylic acids is 1. The SMILES string of the molecule is CCCN(c1ccc(C(CC)CC(=O)O)cc1Nc1ccc(F)cc1)C1CCOCC1. The maximum atomic E-state index is 13.4. The average Bonchev–Trinajstić information content (AvgIpc) is 2.78. The molecule has 2 N–H and O–H groups in total. The fraction of sp³-hybridized carbons (Fsp3) is 0.480. The maximum Gasteiger partial charge on any atom is 0.303 e. The van der Waals surface area contributed by atoms with E-state index in [1.54, 1.807) is 12.1 Å². The normalized spacial score (nSPS) is 15.5. The standard InChI is InChI=1S/C25H33FN2O3/c1-3-13-28(22-11-14-31-15-12-22)24-10-5-19(18(4-2)17-25(29)30)16-23(24)27-21-8-6-20(26)7-9-21/h5-10,16,18,22,27H,3-4,11-15,17H2,1-2H3,(H,29,30). The Hall–Kier alpha value is -2.60. The van der Waals surface area contributed by atoms with Crippen LogP contribution in [0.3, 0.4) is 0 Å². The van der Waals surface area contributed by atoms with Crippen molar-refractivity contribution >= 4 is 23.0 Å². The van der Waals surface area contributed by atoms with Crippen LogP contribution in [-0.4, -0.2) is 36.9 Å². The lowest BCUT2D eigenvalue weighted by molar-refractivity contribution is -0.137. The molecule has 1 aliphatic rings. The zero-order valence-electron chi connectivity index (χ0n) is 18.4. The quantitative estimate of drug-likeness (QED) is 0.491. The molecular weight excluding hydrogens is 395 g/mol. The van der Waals surface area contributed by atoms with Gasteiger partial charge in [-0.1, -0.05) is 19.9 Å². The molecule has 1 heterocycles. The Kier molecular flexibility index (Phi) is 8.29. The van der Waals surface area contributed by atoms with Gasteiger partial charge < -0.3 is 20.1 Å². The summed E-state index contributed by atoms with van der Waals surface area (Å²) in [4.78, 5) is 13.8. The van der Waals surface area contributed by atoms with Crippen LogP contribution in [-0.2, 0) is 9.53 Å². The molecule has 2 aromatic carbocycles. The van der Waals surface area contributed by atoms with Gasteiger partial charge >= 0.3 is 5.97 Å². The van der Waals surface area contributed by atoms with Gasteiger partial charge in [-0.3, -0.25) is 4.79 Å². The van der Waals surface area contributed by atoms with Crippen molar-refractivity contribution in [1.29, 1.82) is 0 Å². The molecule has 0 radical (unpaired) electrons. The van der Waals surface area contributed by atoms with E-state index in [9.17, 15) is 14.3 Å². The van der Waals surface area contributed by atoms with Crippen molar-refractivity contribution in [2.75, 3.05) is 30.0 Å². The number of hydrogen-bond acceptors (Lipinski definition) is 4. The highest BCUT2D eigenvalue weighted by molar-refractivity contribution is 5.77. The molecule has 5 nitrogen and oxygen atoms in total. The lowest BCUT2D eigenvalue weighted by Gasteiger charge is -2.37. The van der Waals surface area contributed by atoms with Gasteiger partial charge in [-0.25, -0.2) is 4.39 Å². The number of anilines is 3. The third-order valence-electron chi connectivity index (χ3n) is 5.93. The monoisotopic (exact) mass is 428 g/mol. The number of benzene rings is 2. The minimum Gasteiger partial charge on any atom is -0.481 e. The molecule has 1 atom stereocenters. The van der Waals surface area contributed by atoms with Crippen molar-refractivity contribution in [1.82, 2.24) is 0 Å². The van der Waals surface area contributed by atoms with Crippen LogP contribution in [0.25, 0.3) is 0 Å². The topological polar surface area (TPSA) is 61.8 Å². The molecule has 168 valence electrons. The number of rotatable bonds is 10. The minimum atomic E-state index is -0.793. The first-order valence-electron chi connectivity index (χ1n) is 11.2. The van der Waals surface area contributed by atoms with Crippen molar-refractivity contribution in [2.45, 2.75) is 57.9 Å². The second-order valence-electron chi connectivity index (χ2n) is 8.15. The highest BCUT2D eigenvalue weighted by Crippen LogP contribution is 2.36. The van der Waals surface area contributed by atoms with E-state index in [1.807, 2.05) is 6.92 Å². The Balaban J connectivity index is 2.00. The Morgan fingerprint density at radius 2 is 1.90 bits per heavy atom. The summed E-state index contributed by atoms with van der Waals surface area (Å²) in [5.74, 6) is -1.12. The van der Waals surface area contributed by atoms with Gasteiger partial charge in [0.1, 0.15) is 5.82 Å². The number of carboxylic acid groups (broad SMARTS) is 1. The zero-order chi connectivity index (χ0) is 22.2. The van der Waals surface area contributed by atoms with Crippen LogP contribution < -0.4 is 10.2 Å². The predicted molar refractivity (Wildman–Crippen MR) is 123 cm³/mol. The summed E-state index contributed by atoms with van der Waals surface area (Å²) >= 11 is 0. The van der Waals surface area contributed by atoms with Crippen LogP contribution in [0.1, 0.15) is 57.4 Å². The minimum absolute atomic E-state index is 0.0528. The molecule has 2 aromatic rings. The molecule has 1 fully saturated rings. The van der Waals surface area contributed by atoms with Gasteiger partial charge in [0, 0.05) is 31.5 Å². The molecule has 0 bridgehead atoms. The van der Waals surface area contributed by atoms with Gasteiger partial charge in [0.05, 0.1) is 17.8 Å². The molecule has 0 amide bonds. The van der Waals surface area contributed by atoms with E-state index >= 15 is 0 Å². The third-order valence-corrected chi connectivity index (χ3v) is 5.93. The first-order valence-corrected chi connectivity index (χ1v) is 11.2. The number of carbonyl (C=O) groups is 1. The average molecular weight is 429 g/mol. The van der Waals surface area contributed by atoms with Crippen molar-refractivity contribution in [3.8, 4) is 0 Å². The van der Waals surface area contributed by atoms with Crippen LogP contribution in [0.5, 0.6) is 0 Å². The molecule has 1 saturated heterocycles. The Labute approximate surface area is 184 Å². The molecular formula is C25H33FN2O3. The van der Waals surface area contributed by atoms with E-state index in [4.69, 9.17) is 4.74 Å². The van der Waals surface area contributed by atoms with E-state index in [0.29, 0.717) is 6.04 Å². The van der Waals surface area contributed by atoms with Crippen LogP contribution in [0.4, 0.5) is 21.5 Å². The Morgan fingerprint density at radius 3 is 2.52 bits per heavy atom. The third kappa shape index (κ3) is 6.20. The van der Waals surface area contributed by atoms with Crippen molar-refractivity contribution in [3.05, 3.63) is 53.8 Å². The molecule has 0 spiro atoms. The Morgan fingerprint density at radius 1 is 1.19 bits per heavy atom. The number of aliphatic carboxylic acids is 1. The van der Waals surface area contributed by atoms with Gasteiger partial charge in [-0.2, -0.15) is 0 Å². The molecule has 1 unspecified atom stereocenters. The summed E-state index contributed by atoms with van der Waals surface area (Å²) in [5, 5.41) is 12.8. The van der Waals surface area contributed by atoms with Crippen LogP contribution in [0.2, 0.25) is 0 Å². The van der Waals surface area contributed by atoms with Crippen LogP contribution in [0, 0.1) is 5.82 Å². The van der Waals surface area contributed by atoms with E-state index in [2.05, 4.69) is 35.3 Å². The van der Waals surface area contributed by atoms with Gasteiger partial charge in [-0.15, -0.1) is 0 Å². The van der Waals surface area contributed by atoms with Crippen LogP contribution >= 0.6 is 0 Å². The van der Waals surface area contributed by atoms with Gasteiger partial charge in [0.2, 0.25) is 0 Å². The lowest BCUT2D eigenvalue weighted by Crippen LogP contribution is -2.40. The molecule has 6 heteroatoms. The van der Waals surface area contributed by atoms with E-state index in [1.165, 1.54) is 12.1 Å². The number of nitrogens with one attached hydrogen (secondary N) is 1. The summed E-state index contributed by atoms with van der Waals surface area (Å²) in [6.45, 7) is 6.64. The summed E-state index contributed by atoms with van der Waals surface area (Å²) in [5.41, 5.74) is 3.82. The second-order valence-corrected chi connectivity index (χ2v) is 8.15. The summed E-state index contributed by atoms with van der Waals surface area (Å²) in [6.07, 6.45) is 3.83. The van der Waals surface area contributed by atoms with E-state index < -0.39 is 5.97 Å². The number of halogens is 1. The number of nitrogens with zero attached hydrogens (tertiary/aromatic N) is 1. The zero-order valence-corrected chi connectivity index (χ0v) is 18.4. The second kappa shape index (κ2) is 11.1. The molecule has 0 aromatic heterocycles. The molecule has 3 rings (SSSR count). The summed E-state index contributed by atoms with van der Waals surface area (Å²) in [7, 11) is 0. The largest absolute Gasteiger partial charge is 0.481 e. The molecule has 0 saturated carbocycles. The molecule has 0 aliphatic carbocycles. The molecule has 31 heavy (non-hydrogen) atoms.